The molecular formula is C29H25NO. The SMILES string of the molecule is CC1(c2ccccc2)C=C(c2ccccc2)c2ccc(OCc3ccccc3)cc2N1. The molecule has 1 unspecified atom stereocenters. The maximum Gasteiger partial charge on any atom is 0.121 e. The predicted octanol–water partition coefficient (Wildman–Crippen LogP) is 7.04. The molecule has 0 spiro atoms. The van der Waals surface area contributed by atoms with Gasteiger partial charge in [0.25, 0.3) is 0 Å². The molecule has 0 radical (unpaired) electrons. The van der Waals surface area contributed by atoms with Crippen molar-refractivity contribution >= 4 is 11.3 Å². The highest BCUT2D eigenvalue weighted by Crippen LogP contribution is 2.43. The van der Waals surface area contributed by atoms with E-state index in [0.29, 0.717) is 6.61 Å². The highest BCUT2D eigenvalue weighted by Gasteiger charge is 2.31. The van der Waals surface area contributed by atoms with Crippen LogP contribution in [0.3, 0.4) is 0 Å². The van der Waals surface area contributed by atoms with Crippen LogP contribution in [-0.2, 0) is 12.1 Å². The van der Waals surface area contributed by atoms with Crippen LogP contribution in [0.25, 0.3) is 5.57 Å². The summed E-state index contributed by atoms with van der Waals surface area (Å²) in [6, 6.07) is 37.8. The van der Waals surface area contributed by atoms with Gasteiger partial charge in [0, 0.05) is 17.3 Å². The van der Waals surface area contributed by atoms with Gasteiger partial charge < -0.3 is 10.1 Å². The Balaban J connectivity index is 1.54. The Hall–Kier alpha value is -3.78. The largest absolute Gasteiger partial charge is 0.489 e. The fourth-order valence-electron chi connectivity index (χ4n) is 4.17. The Morgan fingerprint density at radius 2 is 1.39 bits per heavy atom. The first-order valence-electron chi connectivity index (χ1n) is 10.6. The minimum Gasteiger partial charge on any atom is -0.489 e. The van der Waals surface area contributed by atoms with Crippen molar-refractivity contribution in [2.75, 3.05) is 5.32 Å². The molecule has 0 aromatic heterocycles. The maximum absolute atomic E-state index is 6.11. The molecule has 0 saturated carbocycles. The predicted molar refractivity (Wildman–Crippen MR) is 128 cm³/mol. The van der Waals surface area contributed by atoms with Crippen LogP contribution in [-0.4, -0.2) is 0 Å². The van der Waals surface area contributed by atoms with Gasteiger partial charge in [-0.25, -0.2) is 0 Å². The fraction of sp³-hybridized carbons (Fsp3) is 0.103. The molecule has 1 N–H and O–H groups in total. The molecule has 0 aliphatic carbocycles. The number of hydrogen-bond acceptors (Lipinski definition) is 2. The zero-order valence-electron chi connectivity index (χ0n) is 17.6. The molecule has 4 aromatic carbocycles. The smallest absolute Gasteiger partial charge is 0.121 e. The number of nitrogens with one attached hydrogen (secondary N) is 1. The number of benzene rings is 4. The molecular weight excluding hydrogens is 378 g/mol. The van der Waals surface area contributed by atoms with Gasteiger partial charge >= 0.3 is 0 Å². The van der Waals surface area contributed by atoms with E-state index in [4.69, 9.17) is 4.74 Å². The number of anilines is 1. The van der Waals surface area contributed by atoms with Crippen LogP contribution < -0.4 is 10.1 Å². The van der Waals surface area contributed by atoms with E-state index in [9.17, 15) is 0 Å². The number of ether oxygens (including phenoxy) is 1. The zero-order chi connectivity index (χ0) is 21.1. The normalized spacial score (nSPS) is 17.3. The Morgan fingerprint density at radius 1 is 0.742 bits per heavy atom. The third-order valence-corrected chi connectivity index (χ3v) is 5.82. The Morgan fingerprint density at radius 3 is 2.10 bits per heavy atom. The molecule has 0 amide bonds. The molecule has 5 rings (SSSR count). The van der Waals surface area contributed by atoms with Gasteiger partial charge in [-0.2, -0.15) is 0 Å². The molecule has 4 aromatic rings. The summed E-state index contributed by atoms with van der Waals surface area (Å²) in [4.78, 5) is 0. The van der Waals surface area contributed by atoms with Crippen molar-refractivity contribution in [1.82, 2.24) is 0 Å². The highest BCUT2D eigenvalue weighted by molar-refractivity contribution is 5.90. The molecule has 0 bridgehead atoms. The molecule has 1 aliphatic heterocycles. The minimum absolute atomic E-state index is 0.322. The summed E-state index contributed by atoms with van der Waals surface area (Å²) >= 11 is 0. The van der Waals surface area contributed by atoms with Gasteiger partial charge in [-0.05, 0) is 47.4 Å². The molecule has 2 nitrogen and oxygen atoms in total. The first-order chi connectivity index (χ1) is 15.2. The van der Waals surface area contributed by atoms with E-state index in [1.165, 1.54) is 22.3 Å². The van der Waals surface area contributed by atoms with Crippen molar-refractivity contribution in [1.29, 1.82) is 0 Å². The summed E-state index contributed by atoms with van der Waals surface area (Å²) in [5.74, 6) is 0.861. The van der Waals surface area contributed by atoms with E-state index in [-0.39, 0.29) is 5.54 Å². The average molecular weight is 404 g/mol. The average Bonchev–Trinajstić information content (AvgIpc) is 2.84. The van der Waals surface area contributed by atoms with Crippen LogP contribution in [0.15, 0.2) is 115 Å². The van der Waals surface area contributed by atoms with E-state index < -0.39 is 0 Å². The second-order valence-electron chi connectivity index (χ2n) is 8.10. The lowest BCUT2D eigenvalue weighted by Crippen LogP contribution is -2.33. The van der Waals surface area contributed by atoms with Crippen LogP contribution in [0.2, 0.25) is 0 Å². The fourth-order valence-corrected chi connectivity index (χ4v) is 4.17. The van der Waals surface area contributed by atoms with Gasteiger partial charge in [0.05, 0.1) is 5.54 Å². The molecule has 152 valence electrons. The standard InChI is InChI=1S/C29H25NO/c1-29(24-15-9-4-10-16-24)20-27(23-13-7-3-8-14-23)26-18-17-25(19-28(26)30-29)31-21-22-11-5-2-6-12-22/h2-20,30H,21H2,1H3. The van der Waals surface area contributed by atoms with E-state index in [1.807, 2.05) is 18.2 Å². The molecule has 1 atom stereocenters. The Kier molecular flexibility index (Phi) is 5.05. The van der Waals surface area contributed by atoms with Crippen molar-refractivity contribution in [3.8, 4) is 5.75 Å². The van der Waals surface area contributed by atoms with Crippen molar-refractivity contribution in [2.24, 2.45) is 0 Å². The Labute approximate surface area is 183 Å². The van der Waals surface area contributed by atoms with Gasteiger partial charge in [-0.3, -0.25) is 0 Å². The van der Waals surface area contributed by atoms with Crippen LogP contribution in [0.5, 0.6) is 5.75 Å². The monoisotopic (exact) mass is 403 g/mol. The molecule has 1 aliphatic rings. The van der Waals surface area contributed by atoms with E-state index in [0.717, 1.165) is 17.0 Å². The Bertz CT molecular complexity index is 1200. The first kappa shape index (κ1) is 19.2. The second kappa shape index (κ2) is 8.16. The molecule has 0 fully saturated rings. The summed E-state index contributed by atoms with van der Waals surface area (Å²) in [5, 5.41) is 3.77. The lowest BCUT2D eigenvalue weighted by Gasteiger charge is -2.36. The summed E-state index contributed by atoms with van der Waals surface area (Å²) in [5.41, 5.74) is 6.78. The van der Waals surface area contributed by atoms with E-state index in [2.05, 4.69) is 109 Å². The second-order valence-corrected chi connectivity index (χ2v) is 8.10. The van der Waals surface area contributed by atoms with Crippen molar-refractivity contribution < 1.29 is 4.74 Å². The van der Waals surface area contributed by atoms with E-state index in [1.54, 1.807) is 0 Å². The third-order valence-electron chi connectivity index (χ3n) is 5.82. The van der Waals surface area contributed by atoms with Crippen LogP contribution in [0.4, 0.5) is 5.69 Å². The van der Waals surface area contributed by atoms with Gasteiger partial charge in [-0.15, -0.1) is 0 Å². The van der Waals surface area contributed by atoms with Gasteiger partial charge in [0.1, 0.15) is 12.4 Å². The summed E-state index contributed by atoms with van der Waals surface area (Å²) in [6.45, 7) is 2.78. The van der Waals surface area contributed by atoms with Crippen molar-refractivity contribution in [2.45, 2.75) is 19.1 Å². The van der Waals surface area contributed by atoms with Crippen molar-refractivity contribution in [3.63, 3.8) is 0 Å². The molecule has 2 heteroatoms. The third kappa shape index (κ3) is 3.97. The van der Waals surface area contributed by atoms with E-state index >= 15 is 0 Å². The first-order valence-corrected chi connectivity index (χ1v) is 10.6. The number of rotatable bonds is 5. The summed E-state index contributed by atoms with van der Waals surface area (Å²) < 4.78 is 6.11. The number of hydrogen-bond donors (Lipinski definition) is 1. The zero-order valence-corrected chi connectivity index (χ0v) is 17.6. The number of fused-ring (bicyclic) bond motifs is 1. The lowest BCUT2D eigenvalue weighted by molar-refractivity contribution is 0.306. The summed E-state index contributed by atoms with van der Waals surface area (Å²) in [7, 11) is 0. The molecule has 0 saturated heterocycles. The lowest BCUT2D eigenvalue weighted by atomic mass is 9.82. The van der Waals surface area contributed by atoms with Gasteiger partial charge in [0.2, 0.25) is 0 Å². The molecule has 1 heterocycles. The summed E-state index contributed by atoms with van der Waals surface area (Å²) in [6.07, 6.45) is 2.34. The van der Waals surface area contributed by atoms with Gasteiger partial charge in [-0.1, -0.05) is 91.0 Å². The minimum atomic E-state index is -0.322. The quantitative estimate of drug-likeness (QED) is 0.386. The van der Waals surface area contributed by atoms with Gasteiger partial charge in [0.15, 0.2) is 0 Å². The van der Waals surface area contributed by atoms with Crippen LogP contribution in [0.1, 0.15) is 29.2 Å². The topological polar surface area (TPSA) is 21.3 Å². The van der Waals surface area contributed by atoms with Crippen LogP contribution >= 0.6 is 0 Å². The van der Waals surface area contributed by atoms with Crippen LogP contribution in [0, 0.1) is 0 Å². The van der Waals surface area contributed by atoms with Crippen molar-refractivity contribution in [3.05, 3.63) is 138 Å². The molecule has 31 heavy (non-hydrogen) atoms. The maximum atomic E-state index is 6.11. The highest BCUT2D eigenvalue weighted by atomic mass is 16.5.